The Morgan fingerprint density at radius 1 is 1.04 bits per heavy atom. The molecule has 1 aliphatic heterocycles. The largest absolute Gasteiger partial charge is 0.352 e. The van der Waals surface area contributed by atoms with E-state index in [1.54, 1.807) is 28.6 Å². The topological polar surface area (TPSA) is 66.5 Å². The van der Waals surface area contributed by atoms with Crippen LogP contribution < -0.4 is 5.32 Å². The summed E-state index contributed by atoms with van der Waals surface area (Å²) in [5, 5.41) is 3.00. The Morgan fingerprint density at radius 2 is 1.65 bits per heavy atom. The molecule has 1 saturated heterocycles. The van der Waals surface area contributed by atoms with Crippen LogP contribution >= 0.6 is 0 Å². The lowest BCUT2D eigenvalue weighted by atomic mass is 9.89. The van der Waals surface area contributed by atoms with E-state index in [-0.39, 0.29) is 10.8 Å². The van der Waals surface area contributed by atoms with Gasteiger partial charge in [0.25, 0.3) is 5.91 Å². The van der Waals surface area contributed by atoms with Crippen LogP contribution in [0.2, 0.25) is 0 Å². The van der Waals surface area contributed by atoms with Gasteiger partial charge in [-0.1, -0.05) is 26.2 Å². The molecule has 0 spiro atoms. The van der Waals surface area contributed by atoms with Gasteiger partial charge in [-0.25, -0.2) is 8.42 Å². The molecule has 1 heterocycles. The fourth-order valence-electron chi connectivity index (χ4n) is 3.88. The van der Waals surface area contributed by atoms with E-state index in [1.165, 1.54) is 32.1 Å². The summed E-state index contributed by atoms with van der Waals surface area (Å²) in [4.78, 5) is 12.6. The number of carbonyl (C=O) groups excluding carboxylic acids is 1. The fraction of sp³-hybridized carbons (Fsp3) is 0.650. The van der Waals surface area contributed by atoms with Gasteiger partial charge in [0.2, 0.25) is 10.0 Å². The van der Waals surface area contributed by atoms with Gasteiger partial charge in [-0.3, -0.25) is 4.79 Å². The van der Waals surface area contributed by atoms with Crippen LogP contribution in [0.5, 0.6) is 0 Å². The summed E-state index contributed by atoms with van der Waals surface area (Å²) >= 11 is 0. The van der Waals surface area contributed by atoms with Crippen LogP contribution in [0.15, 0.2) is 29.2 Å². The summed E-state index contributed by atoms with van der Waals surface area (Å²) in [6.07, 6.45) is 7.99. The molecule has 5 nitrogen and oxygen atoms in total. The molecule has 1 aliphatic carbocycles. The molecule has 1 aromatic carbocycles. The molecule has 2 fully saturated rings. The Balaban J connectivity index is 1.59. The van der Waals surface area contributed by atoms with E-state index in [0.29, 0.717) is 37.0 Å². The maximum absolute atomic E-state index is 12.7. The lowest BCUT2D eigenvalue weighted by Gasteiger charge is -2.29. The van der Waals surface area contributed by atoms with Crippen molar-refractivity contribution in [2.24, 2.45) is 11.8 Å². The first-order chi connectivity index (χ1) is 12.5. The average molecular weight is 379 g/mol. The van der Waals surface area contributed by atoms with Crippen LogP contribution in [0.3, 0.4) is 0 Å². The van der Waals surface area contributed by atoms with Crippen LogP contribution in [-0.2, 0) is 10.0 Å². The molecule has 0 aromatic heterocycles. The number of rotatable bonds is 5. The molecule has 2 aliphatic rings. The van der Waals surface area contributed by atoms with Crippen molar-refractivity contribution in [2.45, 2.75) is 56.8 Å². The molecule has 6 heteroatoms. The highest BCUT2D eigenvalue weighted by molar-refractivity contribution is 7.89. The molecule has 0 bridgehead atoms. The number of amides is 1. The van der Waals surface area contributed by atoms with Crippen LogP contribution in [0.25, 0.3) is 0 Å². The van der Waals surface area contributed by atoms with E-state index < -0.39 is 10.0 Å². The van der Waals surface area contributed by atoms with Crippen LogP contribution in [0, 0.1) is 11.8 Å². The molecule has 0 radical (unpaired) electrons. The number of carbonyl (C=O) groups is 1. The number of piperidine rings is 1. The van der Waals surface area contributed by atoms with Crippen molar-refractivity contribution < 1.29 is 13.2 Å². The minimum Gasteiger partial charge on any atom is -0.352 e. The van der Waals surface area contributed by atoms with Gasteiger partial charge in [-0.05, 0) is 61.8 Å². The quantitative estimate of drug-likeness (QED) is 0.854. The summed E-state index contributed by atoms with van der Waals surface area (Å²) < 4.78 is 27.0. The van der Waals surface area contributed by atoms with Gasteiger partial charge >= 0.3 is 0 Å². The molecule has 144 valence electrons. The lowest BCUT2D eigenvalue weighted by Crippen LogP contribution is -2.37. The van der Waals surface area contributed by atoms with Gasteiger partial charge in [0, 0.05) is 25.2 Å². The minimum atomic E-state index is -3.46. The highest BCUT2D eigenvalue weighted by Crippen LogP contribution is 2.24. The van der Waals surface area contributed by atoms with E-state index in [2.05, 4.69) is 12.2 Å². The Bertz CT molecular complexity index is 701. The Morgan fingerprint density at radius 3 is 2.27 bits per heavy atom. The van der Waals surface area contributed by atoms with E-state index in [0.717, 1.165) is 12.8 Å². The molecule has 0 unspecified atom stereocenters. The monoisotopic (exact) mass is 378 g/mol. The number of benzene rings is 1. The normalized spacial score (nSPS) is 20.8. The van der Waals surface area contributed by atoms with Crippen molar-refractivity contribution >= 4 is 15.9 Å². The SMILES string of the molecule is CC1CCN(S(=O)(=O)c2ccc(C(=O)NCC3CCCCC3)cc2)CC1. The van der Waals surface area contributed by atoms with Gasteiger partial charge < -0.3 is 5.32 Å². The van der Waals surface area contributed by atoms with E-state index >= 15 is 0 Å². The number of sulfonamides is 1. The zero-order valence-electron chi connectivity index (χ0n) is 15.6. The first-order valence-electron chi connectivity index (χ1n) is 9.85. The van der Waals surface area contributed by atoms with Crippen LogP contribution in [0.1, 0.15) is 62.2 Å². The highest BCUT2D eigenvalue weighted by atomic mass is 32.2. The van der Waals surface area contributed by atoms with E-state index in [1.807, 2.05) is 0 Å². The van der Waals surface area contributed by atoms with Crippen molar-refractivity contribution in [2.75, 3.05) is 19.6 Å². The third kappa shape index (κ3) is 4.65. The predicted molar refractivity (Wildman–Crippen MR) is 103 cm³/mol. The van der Waals surface area contributed by atoms with Gasteiger partial charge in [0.1, 0.15) is 0 Å². The standard InChI is InChI=1S/C20H30N2O3S/c1-16-11-13-22(14-12-16)26(24,25)19-9-7-18(8-10-19)20(23)21-15-17-5-3-2-4-6-17/h7-10,16-17H,2-6,11-15H2,1H3,(H,21,23). The van der Waals surface area contributed by atoms with Crippen molar-refractivity contribution in [1.82, 2.24) is 9.62 Å². The third-order valence-electron chi connectivity index (χ3n) is 5.77. The first-order valence-corrected chi connectivity index (χ1v) is 11.3. The lowest BCUT2D eigenvalue weighted by molar-refractivity contribution is 0.0943. The molecule has 1 amide bonds. The average Bonchev–Trinajstić information content (AvgIpc) is 2.67. The number of nitrogens with one attached hydrogen (secondary N) is 1. The van der Waals surface area contributed by atoms with Crippen LogP contribution in [0.4, 0.5) is 0 Å². The van der Waals surface area contributed by atoms with Crippen LogP contribution in [-0.4, -0.2) is 38.3 Å². The Kier molecular flexibility index (Phi) is 6.35. The second kappa shape index (κ2) is 8.53. The third-order valence-corrected chi connectivity index (χ3v) is 7.69. The van der Waals surface area contributed by atoms with Gasteiger partial charge in [-0.15, -0.1) is 0 Å². The molecule has 0 atom stereocenters. The summed E-state index contributed by atoms with van der Waals surface area (Å²) in [6.45, 7) is 4.02. The summed E-state index contributed by atoms with van der Waals surface area (Å²) in [5.41, 5.74) is 0.520. The molecular formula is C20H30N2O3S. The van der Waals surface area contributed by atoms with Crippen molar-refractivity contribution in [3.63, 3.8) is 0 Å². The maximum atomic E-state index is 12.7. The summed E-state index contributed by atoms with van der Waals surface area (Å²) in [7, 11) is -3.46. The molecule has 3 rings (SSSR count). The minimum absolute atomic E-state index is 0.119. The van der Waals surface area contributed by atoms with Crippen molar-refractivity contribution in [3.8, 4) is 0 Å². The van der Waals surface area contributed by atoms with Gasteiger partial charge in [0.05, 0.1) is 4.90 Å². The first kappa shape index (κ1) is 19.4. The summed E-state index contributed by atoms with van der Waals surface area (Å²) in [5.74, 6) is 1.04. The second-order valence-corrected chi connectivity index (χ2v) is 9.76. The van der Waals surface area contributed by atoms with Gasteiger partial charge in [0.15, 0.2) is 0 Å². The van der Waals surface area contributed by atoms with E-state index in [9.17, 15) is 13.2 Å². The van der Waals surface area contributed by atoms with E-state index in [4.69, 9.17) is 0 Å². The predicted octanol–water partition coefficient (Wildman–Crippen LogP) is 3.42. The molecule has 1 aromatic rings. The zero-order valence-corrected chi connectivity index (χ0v) is 16.4. The second-order valence-electron chi connectivity index (χ2n) is 7.83. The zero-order chi connectivity index (χ0) is 18.6. The highest BCUT2D eigenvalue weighted by Gasteiger charge is 2.28. The molecule has 1 N–H and O–H groups in total. The van der Waals surface area contributed by atoms with Gasteiger partial charge in [-0.2, -0.15) is 4.31 Å². The number of hydrogen-bond donors (Lipinski definition) is 1. The van der Waals surface area contributed by atoms with Crippen molar-refractivity contribution in [3.05, 3.63) is 29.8 Å². The van der Waals surface area contributed by atoms with Crippen molar-refractivity contribution in [1.29, 1.82) is 0 Å². The number of nitrogens with zero attached hydrogens (tertiary/aromatic N) is 1. The molecule has 1 saturated carbocycles. The Labute approximate surface area is 157 Å². The summed E-state index contributed by atoms with van der Waals surface area (Å²) in [6, 6.07) is 6.36. The Hall–Kier alpha value is -1.40. The maximum Gasteiger partial charge on any atom is 0.251 e. The smallest absolute Gasteiger partial charge is 0.251 e. The fourth-order valence-corrected chi connectivity index (χ4v) is 5.35. The molecule has 26 heavy (non-hydrogen) atoms. The number of hydrogen-bond acceptors (Lipinski definition) is 3. The molecular weight excluding hydrogens is 348 g/mol.